The smallest absolute Gasteiger partial charge is 0.251 e. The lowest BCUT2D eigenvalue weighted by molar-refractivity contribution is -0.113. The maximum absolute atomic E-state index is 12.2. The van der Waals surface area contributed by atoms with Crippen molar-refractivity contribution in [2.45, 2.75) is 43.3 Å². The number of nitrogens with one attached hydrogen (secondary N) is 2. The Bertz CT molecular complexity index is 615. The molecule has 0 aliphatic carbocycles. The first-order chi connectivity index (χ1) is 10.4. The number of hydrogen-bond donors (Lipinski definition) is 2. The summed E-state index contributed by atoms with van der Waals surface area (Å²) in [7, 11) is 0. The Kier molecular flexibility index (Phi) is 4.14. The van der Waals surface area contributed by atoms with E-state index in [0.29, 0.717) is 17.9 Å². The maximum Gasteiger partial charge on any atom is 0.251 e. The van der Waals surface area contributed by atoms with Crippen molar-refractivity contribution in [1.29, 1.82) is 0 Å². The molecule has 0 spiro atoms. The minimum atomic E-state index is -0.103. The van der Waals surface area contributed by atoms with Gasteiger partial charge in [0.05, 0.1) is 23.1 Å². The molecule has 2 heterocycles. The lowest BCUT2D eigenvalue weighted by atomic mass is 10.1. The Morgan fingerprint density at radius 2 is 2.32 bits per heavy atom. The highest BCUT2D eigenvalue weighted by molar-refractivity contribution is 8.00. The van der Waals surface area contributed by atoms with Crippen LogP contribution in [-0.4, -0.2) is 35.8 Å². The van der Waals surface area contributed by atoms with Gasteiger partial charge in [-0.25, -0.2) is 0 Å². The van der Waals surface area contributed by atoms with Crippen LogP contribution in [0.15, 0.2) is 23.1 Å². The fraction of sp³-hybridized carbons (Fsp3) is 0.500. The number of amides is 2. The van der Waals surface area contributed by atoms with Gasteiger partial charge in [-0.3, -0.25) is 9.59 Å². The summed E-state index contributed by atoms with van der Waals surface area (Å²) in [4.78, 5) is 24.5. The molecular formula is C16H20N2O3S. The van der Waals surface area contributed by atoms with Crippen LogP contribution in [0.4, 0.5) is 5.69 Å². The van der Waals surface area contributed by atoms with Crippen LogP contribution >= 0.6 is 11.8 Å². The number of carbonyl (C=O) groups is 2. The predicted octanol–water partition coefficient (Wildman–Crippen LogP) is 2.42. The van der Waals surface area contributed by atoms with Gasteiger partial charge in [-0.15, -0.1) is 11.8 Å². The summed E-state index contributed by atoms with van der Waals surface area (Å²) >= 11 is 1.45. The summed E-state index contributed by atoms with van der Waals surface area (Å²) in [6.45, 7) is 4.68. The van der Waals surface area contributed by atoms with E-state index < -0.39 is 0 Å². The van der Waals surface area contributed by atoms with Crippen molar-refractivity contribution >= 4 is 29.3 Å². The number of ether oxygens (including phenoxy) is 1. The number of fused-ring (bicyclic) bond motifs is 1. The topological polar surface area (TPSA) is 67.4 Å². The van der Waals surface area contributed by atoms with Gasteiger partial charge < -0.3 is 15.4 Å². The van der Waals surface area contributed by atoms with Crippen LogP contribution in [0.5, 0.6) is 0 Å². The van der Waals surface area contributed by atoms with Crippen molar-refractivity contribution in [3.8, 4) is 0 Å². The molecule has 2 aliphatic rings. The van der Waals surface area contributed by atoms with Crippen molar-refractivity contribution in [3.63, 3.8) is 0 Å². The molecule has 118 valence electrons. The zero-order valence-electron chi connectivity index (χ0n) is 12.8. The summed E-state index contributed by atoms with van der Waals surface area (Å²) in [5.41, 5.74) is 1.30. The number of thioether (sulfide) groups is 1. The average Bonchev–Trinajstić information content (AvgIpc) is 2.83. The highest BCUT2D eigenvalue weighted by atomic mass is 32.2. The first-order valence-electron chi connectivity index (χ1n) is 7.46. The second-order valence-corrected chi connectivity index (χ2v) is 7.31. The molecule has 0 saturated carbocycles. The summed E-state index contributed by atoms with van der Waals surface area (Å²) in [6.07, 6.45) is 2.08. The van der Waals surface area contributed by atoms with Gasteiger partial charge >= 0.3 is 0 Å². The summed E-state index contributed by atoms with van der Waals surface area (Å²) < 4.78 is 5.87. The molecule has 1 unspecified atom stereocenters. The van der Waals surface area contributed by atoms with Crippen molar-refractivity contribution in [2.75, 3.05) is 17.6 Å². The van der Waals surface area contributed by atoms with Crippen molar-refractivity contribution in [3.05, 3.63) is 23.8 Å². The van der Waals surface area contributed by atoms with E-state index in [4.69, 9.17) is 4.74 Å². The second-order valence-electron chi connectivity index (χ2n) is 6.30. The predicted molar refractivity (Wildman–Crippen MR) is 86.3 cm³/mol. The summed E-state index contributed by atoms with van der Waals surface area (Å²) in [5, 5.41) is 5.73. The zero-order chi connectivity index (χ0) is 15.7. The molecular weight excluding hydrogens is 300 g/mol. The molecule has 0 bridgehead atoms. The Labute approximate surface area is 134 Å². The molecule has 2 aliphatic heterocycles. The van der Waals surface area contributed by atoms with Crippen LogP contribution in [0.2, 0.25) is 0 Å². The quantitative estimate of drug-likeness (QED) is 0.897. The number of hydrogen-bond acceptors (Lipinski definition) is 4. The molecule has 3 rings (SSSR count). The molecule has 1 aromatic rings. The molecule has 0 radical (unpaired) electrons. The minimum Gasteiger partial charge on any atom is -0.371 e. The Morgan fingerprint density at radius 1 is 1.50 bits per heavy atom. The van der Waals surface area contributed by atoms with Gasteiger partial charge in [0.25, 0.3) is 5.91 Å². The van der Waals surface area contributed by atoms with Gasteiger partial charge in [0.2, 0.25) is 5.91 Å². The molecule has 22 heavy (non-hydrogen) atoms. The Morgan fingerprint density at radius 3 is 3.05 bits per heavy atom. The Hall–Kier alpha value is -1.53. The van der Waals surface area contributed by atoms with E-state index in [1.807, 2.05) is 6.07 Å². The van der Waals surface area contributed by atoms with E-state index in [2.05, 4.69) is 24.5 Å². The minimum absolute atomic E-state index is 0.00398. The van der Waals surface area contributed by atoms with Gasteiger partial charge in [-0.05, 0) is 44.9 Å². The summed E-state index contributed by atoms with van der Waals surface area (Å²) in [5.74, 6) is 0.285. The first-order valence-corrected chi connectivity index (χ1v) is 8.44. The zero-order valence-corrected chi connectivity index (χ0v) is 13.6. The van der Waals surface area contributed by atoms with Crippen LogP contribution < -0.4 is 10.6 Å². The van der Waals surface area contributed by atoms with Crippen molar-refractivity contribution in [2.24, 2.45) is 0 Å². The molecule has 1 atom stereocenters. The largest absolute Gasteiger partial charge is 0.371 e. The van der Waals surface area contributed by atoms with Crippen LogP contribution in [0.1, 0.15) is 37.0 Å². The fourth-order valence-corrected chi connectivity index (χ4v) is 3.59. The first kappa shape index (κ1) is 15.4. The van der Waals surface area contributed by atoms with Crippen molar-refractivity contribution < 1.29 is 14.3 Å². The molecule has 1 aromatic carbocycles. The molecule has 5 nitrogen and oxygen atoms in total. The molecule has 0 aromatic heterocycles. The van der Waals surface area contributed by atoms with Crippen LogP contribution in [0.25, 0.3) is 0 Å². The van der Waals surface area contributed by atoms with E-state index in [0.717, 1.165) is 23.4 Å². The molecule has 2 amide bonds. The normalized spacial score (nSPS) is 22.8. The van der Waals surface area contributed by atoms with E-state index in [-0.39, 0.29) is 23.5 Å². The Balaban J connectivity index is 1.60. The van der Waals surface area contributed by atoms with Crippen molar-refractivity contribution in [1.82, 2.24) is 5.32 Å². The molecule has 1 fully saturated rings. The average molecular weight is 320 g/mol. The maximum atomic E-state index is 12.2. The van der Waals surface area contributed by atoms with Gasteiger partial charge in [0, 0.05) is 17.0 Å². The molecule has 6 heteroatoms. The summed E-state index contributed by atoms with van der Waals surface area (Å²) in [6, 6.07) is 5.34. The third-order valence-corrected chi connectivity index (χ3v) is 4.98. The van der Waals surface area contributed by atoms with E-state index in [9.17, 15) is 9.59 Å². The lowest BCUT2D eigenvalue weighted by Gasteiger charge is -2.20. The van der Waals surface area contributed by atoms with E-state index >= 15 is 0 Å². The van der Waals surface area contributed by atoms with Gasteiger partial charge in [0.15, 0.2) is 0 Å². The van der Waals surface area contributed by atoms with Crippen LogP contribution in [0.3, 0.4) is 0 Å². The van der Waals surface area contributed by atoms with Gasteiger partial charge in [-0.1, -0.05) is 0 Å². The van der Waals surface area contributed by atoms with Crippen LogP contribution in [-0.2, 0) is 9.53 Å². The molecule has 1 saturated heterocycles. The number of anilines is 1. The van der Waals surface area contributed by atoms with Gasteiger partial charge in [-0.2, -0.15) is 0 Å². The monoisotopic (exact) mass is 320 g/mol. The third-order valence-electron chi connectivity index (χ3n) is 3.92. The number of benzene rings is 1. The fourth-order valence-electron chi connectivity index (χ4n) is 2.75. The standard InChI is InChI=1S/C16H20N2O3S/c1-16(2)6-5-11(21-16)8-17-15(20)10-3-4-12-13(7-10)22-9-14(19)18-12/h3-4,7,11H,5-6,8-9H2,1-2H3,(H,17,20)(H,18,19). The highest BCUT2D eigenvalue weighted by Gasteiger charge is 2.31. The van der Waals surface area contributed by atoms with Crippen LogP contribution in [0, 0.1) is 0 Å². The SMILES string of the molecule is CC1(C)CCC(CNC(=O)c2ccc3c(c2)SCC(=O)N3)O1. The van der Waals surface area contributed by atoms with Gasteiger partial charge in [0.1, 0.15) is 0 Å². The third kappa shape index (κ3) is 3.44. The lowest BCUT2D eigenvalue weighted by Crippen LogP contribution is -2.33. The highest BCUT2D eigenvalue weighted by Crippen LogP contribution is 2.32. The second kappa shape index (κ2) is 5.93. The van der Waals surface area contributed by atoms with E-state index in [1.165, 1.54) is 11.8 Å². The van der Waals surface area contributed by atoms with E-state index in [1.54, 1.807) is 12.1 Å². The number of carbonyl (C=O) groups excluding carboxylic acids is 2. The molecule has 2 N–H and O–H groups in total. The number of rotatable bonds is 3.